The highest BCUT2D eigenvalue weighted by molar-refractivity contribution is 6.01. The van der Waals surface area contributed by atoms with Crippen molar-refractivity contribution >= 4 is 11.8 Å². The lowest BCUT2D eigenvalue weighted by Crippen LogP contribution is -2.48. The molecular weight excluding hydrogens is 430 g/mol. The Kier molecular flexibility index (Phi) is 6.46. The van der Waals surface area contributed by atoms with Crippen molar-refractivity contribution in [3.8, 4) is 11.5 Å². The Morgan fingerprint density at radius 1 is 1.15 bits per heavy atom. The number of carbonyl (C=O) groups excluding carboxylic acids is 2. The normalized spacial score (nSPS) is 23.8. The first-order valence-electron chi connectivity index (χ1n) is 12.4. The maximum atomic E-state index is 13.8. The first-order chi connectivity index (χ1) is 16.6. The third kappa shape index (κ3) is 4.13. The molecule has 1 saturated heterocycles. The minimum atomic E-state index is -0.498. The fourth-order valence-corrected chi connectivity index (χ4v) is 5.65. The number of likely N-dealkylation sites (tertiary alicyclic amines) is 1. The van der Waals surface area contributed by atoms with Gasteiger partial charge in [-0.15, -0.1) is 0 Å². The zero-order chi connectivity index (χ0) is 23.7. The molecule has 1 N–H and O–H groups in total. The molecule has 0 saturated carbocycles. The minimum Gasteiger partial charge on any atom is -0.454 e. The van der Waals surface area contributed by atoms with Crippen molar-refractivity contribution < 1.29 is 19.1 Å². The Labute approximate surface area is 201 Å². The molecule has 7 heteroatoms. The quantitative estimate of drug-likeness (QED) is 0.678. The van der Waals surface area contributed by atoms with Gasteiger partial charge in [0.2, 0.25) is 12.7 Å². The second-order valence-electron chi connectivity index (χ2n) is 9.48. The van der Waals surface area contributed by atoms with E-state index in [4.69, 9.17) is 9.47 Å². The molecule has 2 aromatic rings. The van der Waals surface area contributed by atoms with Crippen LogP contribution in [-0.2, 0) is 4.79 Å². The lowest BCUT2D eigenvalue weighted by Gasteiger charge is -2.42. The third-order valence-corrected chi connectivity index (χ3v) is 7.37. The molecule has 0 radical (unpaired) electrons. The number of nitrogens with zero attached hydrogens (tertiary/aromatic N) is 2. The van der Waals surface area contributed by atoms with Crippen LogP contribution in [0.25, 0.3) is 0 Å². The van der Waals surface area contributed by atoms with Crippen molar-refractivity contribution in [2.45, 2.75) is 50.6 Å². The van der Waals surface area contributed by atoms with Crippen molar-refractivity contribution in [3.63, 3.8) is 0 Å². The molecule has 7 nitrogen and oxygen atoms in total. The highest BCUT2D eigenvalue weighted by Crippen LogP contribution is 2.45. The van der Waals surface area contributed by atoms with E-state index in [2.05, 4.69) is 24.2 Å². The zero-order valence-corrected chi connectivity index (χ0v) is 20.0. The van der Waals surface area contributed by atoms with Gasteiger partial charge < -0.3 is 24.6 Å². The van der Waals surface area contributed by atoms with Crippen LogP contribution in [0.5, 0.6) is 11.5 Å². The van der Waals surface area contributed by atoms with Gasteiger partial charge in [-0.2, -0.15) is 0 Å². The minimum absolute atomic E-state index is 0.0308. The number of amides is 2. The van der Waals surface area contributed by atoms with Crippen molar-refractivity contribution in [3.05, 3.63) is 59.2 Å². The molecule has 0 bridgehead atoms. The van der Waals surface area contributed by atoms with Gasteiger partial charge in [-0.25, -0.2) is 0 Å². The van der Waals surface area contributed by atoms with Gasteiger partial charge in [0, 0.05) is 24.7 Å². The predicted molar refractivity (Wildman–Crippen MR) is 129 cm³/mol. The maximum Gasteiger partial charge on any atom is 0.254 e. The molecule has 1 fully saturated rings. The van der Waals surface area contributed by atoms with Gasteiger partial charge in [-0.05, 0) is 68.6 Å². The van der Waals surface area contributed by atoms with E-state index in [0.717, 1.165) is 30.5 Å². The summed E-state index contributed by atoms with van der Waals surface area (Å²) in [6.07, 6.45) is 4.13. The summed E-state index contributed by atoms with van der Waals surface area (Å²) in [5, 5.41) is 3.21. The van der Waals surface area contributed by atoms with Crippen molar-refractivity contribution in [2.75, 3.05) is 33.5 Å². The number of ether oxygens (including phenoxy) is 2. The van der Waals surface area contributed by atoms with E-state index < -0.39 is 12.0 Å². The average Bonchev–Trinajstić information content (AvgIpc) is 3.49. The molecule has 3 heterocycles. The van der Waals surface area contributed by atoms with Crippen molar-refractivity contribution in [2.24, 2.45) is 0 Å². The summed E-state index contributed by atoms with van der Waals surface area (Å²) in [7, 11) is 2.15. The van der Waals surface area contributed by atoms with Gasteiger partial charge in [0.15, 0.2) is 11.5 Å². The molecule has 0 aliphatic carbocycles. The van der Waals surface area contributed by atoms with Crippen LogP contribution < -0.4 is 14.8 Å². The van der Waals surface area contributed by atoms with Crippen LogP contribution >= 0.6 is 0 Å². The summed E-state index contributed by atoms with van der Waals surface area (Å²) in [4.78, 5) is 31.6. The van der Waals surface area contributed by atoms with Gasteiger partial charge in [-0.3, -0.25) is 9.59 Å². The van der Waals surface area contributed by atoms with Crippen LogP contribution in [0.3, 0.4) is 0 Å². The van der Waals surface area contributed by atoms with Gasteiger partial charge in [0.1, 0.15) is 0 Å². The summed E-state index contributed by atoms with van der Waals surface area (Å²) < 4.78 is 11.1. The van der Waals surface area contributed by atoms with E-state index >= 15 is 0 Å². The second kappa shape index (κ2) is 9.66. The molecule has 0 unspecified atom stereocenters. The lowest BCUT2D eigenvalue weighted by molar-refractivity contribution is -0.124. The molecule has 2 aromatic carbocycles. The highest BCUT2D eigenvalue weighted by atomic mass is 16.7. The van der Waals surface area contributed by atoms with E-state index in [1.54, 1.807) is 0 Å². The highest BCUT2D eigenvalue weighted by Gasteiger charge is 2.44. The molecule has 0 spiro atoms. The fourth-order valence-electron chi connectivity index (χ4n) is 5.65. The molecule has 3 aliphatic rings. The first kappa shape index (κ1) is 22.7. The largest absolute Gasteiger partial charge is 0.454 e. The summed E-state index contributed by atoms with van der Waals surface area (Å²) in [6.45, 7) is 4.56. The smallest absolute Gasteiger partial charge is 0.254 e. The van der Waals surface area contributed by atoms with Crippen LogP contribution in [0.2, 0.25) is 0 Å². The summed E-state index contributed by atoms with van der Waals surface area (Å²) in [5.41, 5.74) is 2.29. The molecule has 5 rings (SSSR count). The molecule has 2 amide bonds. The Morgan fingerprint density at radius 3 is 2.76 bits per heavy atom. The Morgan fingerprint density at radius 2 is 1.97 bits per heavy atom. The van der Waals surface area contributed by atoms with Crippen molar-refractivity contribution in [1.82, 2.24) is 15.1 Å². The second-order valence-corrected chi connectivity index (χ2v) is 9.48. The SMILES string of the molecule is CCCN1C(=O)c2ccccc2[C@H](C(=O)NCC[C@@H]2CCCN2C)[C@@H]1c1ccc2c(c1)OCO2. The maximum absolute atomic E-state index is 13.8. The predicted octanol–water partition coefficient (Wildman–Crippen LogP) is 3.71. The van der Waals surface area contributed by atoms with Gasteiger partial charge in [-0.1, -0.05) is 31.2 Å². The van der Waals surface area contributed by atoms with Crippen LogP contribution in [-0.4, -0.2) is 61.1 Å². The van der Waals surface area contributed by atoms with Gasteiger partial charge in [0.05, 0.1) is 12.0 Å². The summed E-state index contributed by atoms with van der Waals surface area (Å²) >= 11 is 0. The zero-order valence-electron chi connectivity index (χ0n) is 20.0. The van der Waals surface area contributed by atoms with Gasteiger partial charge in [0.25, 0.3) is 5.91 Å². The van der Waals surface area contributed by atoms with E-state index in [1.807, 2.05) is 47.4 Å². The Hall–Kier alpha value is -3.06. The Bertz CT molecular complexity index is 1070. The Balaban J connectivity index is 1.48. The molecule has 0 aromatic heterocycles. The lowest BCUT2D eigenvalue weighted by atomic mass is 9.79. The summed E-state index contributed by atoms with van der Waals surface area (Å²) in [6, 6.07) is 13.4. The van der Waals surface area contributed by atoms with Crippen LogP contribution in [0.15, 0.2) is 42.5 Å². The fraction of sp³-hybridized carbons (Fsp3) is 0.481. The number of carbonyl (C=O) groups is 2. The van der Waals surface area contributed by atoms with E-state index in [1.165, 1.54) is 12.8 Å². The average molecular weight is 464 g/mol. The molecule has 180 valence electrons. The van der Waals surface area contributed by atoms with Crippen molar-refractivity contribution in [1.29, 1.82) is 0 Å². The monoisotopic (exact) mass is 463 g/mol. The van der Waals surface area contributed by atoms with Crippen LogP contribution in [0.4, 0.5) is 0 Å². The molecular formula is C27H33N3O4. The van der Waals surface area contributed by atoms with Crippen LogP contribution in [0.1, 0.15) is 66.1 Å². The van der Waals surface area contributed by atoms with Gasteiger partial charge >= 0.3 is 0 Å². The third-order valence-electron chi connectivity index (χ3n) is 7.37. The number of hydrogen-bond acceptors (Lipinski definition) is 5. The number of benzene rings is 2. The topological polar surface area (TPSA) is 71.1 Å². The molecule has 3 atom stereocenters. The van der Waals surface area contributed by atoms with Crippen LogP contribution in [0, 0.1) is 0 Å². The van der Waals surface area contributed by atoms with E-state index in [9.17, 15) is 9.59 Å². The standard InChI is InChI=1S/C27H33N3O4/c1-3-14-30-25(18-10-11-22-23(16-18)34-17-33-22)24(20-8-4-5-9-21(20)27(30)32)26(31)28-13-12-19-7-6-15-29(19)2/h4-5,8-11,16,19,24-25H,3,6-7,12-15,17H2,1-2H3,(H,28,31)/t19-,24-,25-/m0/s1. The number of hydrogen-bond donors (Lipinski definition) is 1. The first-order valence-corrected chi connectivity index (χ1v) is 12.4. The van der Waals surface area contributed by atoms with E-state index in [-0.39, 0.29) is 18.6 Å². The number of rotatable bonds is 7. The number of fused-ring (bicyclic) bond motifs is 2. The summed E-state index contributed by atoms with van der Waals surface area (Å²) in [5.74, 6) is 0.780. The molecule has 34 heavy (non-hydrogen) atoms. The number of nitrogens with one attached hydrogen (secondary N) is 1. The van der Waals surface area contributed by atoms with E-state index in [0.29, 0.717) is 36.2 Å². The molecule has 3 aliphatic heterocycles.